The number of sulfonamides is 1. The van der Waals surface area contributed by atoms with Crippen molar-refractivity contribution >= 4 is 21.4 Å². The largest absolute Gasteiger partial charge is 0.381 e. The average molecular weight is 359 g/mol. The third kappa shape index (κ3) is 4.54. The van der Waals surface area contributed by atoms with Crippen molar-refractivity contribution in [3.8, 4) is 0 Å². The lowest BCUT2D eigenvalue weighted by atomic mass is 9.94. The molecule has 0 unspecified atom stereocenters. The van der Waals surface area contributed by atoms with Crippen molar-refractivity contribution in [2.45, 2.75) is 42.9 Å². The van der Waals surface area contributed by atoms with E-state index in [1.54, 1.807) is 6.07 Å². The molecule has 0 aromatic carbocycles. The highest BCUT2D eigenvalue weighted by atomic mass is 32.2. The number of nitrogens with zero attached hydrogens (tertiary/aromatic N) is 1. The van der Waals surface area contributed by atoms with Gasteiger partial charge < -0.3 is 9.64 Å². The number of likely N-dealkylation sites (tertiary alicyclic amines) is 1. The average Bonchev–Trinajstić information content (AvgIpc) is 3.02. The van der Waals surface area contributed by atoms with Crippen LogP contribution in [0.3, 0.4) is 0 Å². The second kappa shape index (κ2) is 7.61. The second-order valence-corrected chi connectivity index (χ2v) is 9.82. The van der Waals surface area contributed by atoms with E-state index in [9.17, 15) is 8.42 Å². The van der Waals surface area contributed by atoms with Crippen LogP contribution in [0.25, 0.3) is 0 Å². The van der Waals surface area contributed by atoms with Crippen LogP contribution in [0, 0.1) is 12.8 Å². The van der Waals surface area contributed by atoms with E-state index >= 15 is 0 Å². The summed E-state index contributed by atoms with van der Waals surface area (Å²) < 4.78 is 33.2. The molecular weight excluding hydrogens is 332 g/mol. The summed E-state index contributed by atoms with van der Waals surface area (Å²) in [4.78, 5) is 3.59. The van der Waals surface area contributed by atoms with Gasteiger partial charge in [-0.05, 0) is 63.7 Å². The Morgan fingerprint density at radius 1 is 1.22 bits per heavy atom. The maximum absolute atomic E-state index is 12.3. The molecule has 2 fully saturated rings. The zero-order valence-electron chi connectivity index (χ0n) is 13.7. The number of thiophene rings is 1. The molecule has 1 aromatic heterocycles. The maximum Gasteiger partial charge on any atom is 0.250 e. The highest BCUT2D eigenvalue weighted by Gasteiger charge is 2.27. The van der Waals surface area contributed by atoms with Crippen molar-refractivity contribution < 1.29 is 13.2 Å². The van der Waals surface area contributed by atoms with Crippen molar-refractivity contribution in [2.24, 2.45) is 5.92 Å². The van der Waals surface area contributed by atoms with E-state index in [0.717, 1.165) is 56.9 Å². The first-order chi connectivity index (χ1) is 11.0. The molecule has 2 aliphatic rings. The van der Waals surface area contributed by atoms with Crippen LogP contribution in [-0.2, 0) is 14.8 Å². The van der Waals surface area contributed by atoms with Crippen LogP contribution in [0.1, 0.15) is 30.6 Å². The first kappa shape index (κ1) is 17.4. The van der Waals surface area contributed by atoms with E-state index < -0.39 is 10.0 Å². The molecule has 2 aliphatic heterocycles. The molecule has 1 N–H and O–H groups in total. The van der Waals surface area contributed by atoms with Gasteiger partial charge in [0.2, 0.25) is 10.0 Å². The molecule has 2 saturated heterocycles. The number of nitrogens with one attached hydrogen (secondary N) is 1. The van der Waals surface area contributed by atoms with E-state index in [-0.39, 0.29) is 0 Å². The lowest BCUT2D eigenvalue weighted by Crippen LogP contribution is -2.45. The highest BCUT2D eigenvalue weighted by Crippen LogP contribution is 2.24. The predicted octanol–water partition coefficient (Wildman–Crippen LogP) is 2.23. The molecule has 130 valence electrons. The van der Waals surface area contributed by atoms with Crippen LogP contribution in [0.4, 0.5) is 0 Å². The third-order valence-electron chi connectivity index (χ3n) is 4.90. The molecular formula is C16H26N2O3S2. The Kier molecular flexibility index (Phi) is 5.74. The molecule has 0 radical (unpaired) electrons. The molecule has 0 aliphatic carbocycles. The molecule has 0 bridgehead atoms. The van der Waals surface area contributed by atoms with Gasteiger partial charge in [-0.15, -0.1) is 11.3 Å². The van der Waals surface area contributed by atoms with E-state index in [0.29, 0.717) is 22.7 Å². The Labute approximate surface area is 143 Å². The number of piperidine rings is 1. The topological polar surface area (TPSA) is 58.6 Å². The van der Waals surface area contributed by atoms with Crippen molar-refractivity contribution in [1.29, 1.82) is 0 Å². The molecule has 3 heterocycles. The summed E-state index contributed by atoms with van der Waals surface area (Å²) in [5.41, 5.74) is 0. The summed E-state index contributed by atoms with van der Waals surface area (Å²) in [6.45, 7) is 6.40. The van der Waals surface area contributed by atoms with Crippen molar-refractivity contribution in [3.63, 3.8) is 0 Å². The fraction of sp³-hybridized carbons (Fsp3) is 0.750. The fourth-order valence-corrected chi connectivity index (χ4v) is 5.87. The Morgan fingerprint density at radius 3 is 2.52 bits per heavy atom. The number of aryl methyl sites for hydroxylation is 1. The molecule has 7 heteroatoms. The quantitative estimate of drug-likeness (QED) is 0.877. The van der Waals surface area contributed by atoms with Gasteiger partial charge in [-0.25, -0.2) is 13.1 Å². The van der Waals surface area contributed by atoms with Crippen molar-refractivity contribution in [3.05, 3.63) is 17.0 Å². The normalized spacial score (nSPS) is 22.5. The van der Waals surface area contributed by atoms with Gasteiger partial charge in [-0.1, -0.05) is 0 Å². The van der Waals surface area contributed by atoms with Crippen molar-refractivity contribution in [1.82, 2.24) is 9.62 Å². The standard InChI is InChI=1S/C16H26N2O3S2/c1-13-2-3-16(22-13)23(19,20)17-12-14-4-8-18(9-5-14)15-6-10-21-11-7-15/h2-3,14-15,17H,4-12H2,1H3. The zero-order chi connectivity index (χ0) is 16.3. The molecule has 5 nitrogen and oxygen atoms in total. The van der Waals surface area contributed by atoms with Crippen LogP contribution >= 0.6 is 11.3 Å². The van der Waals surface area contributed by atoms with Gasteiger partial charge in [0.25, 0.3) is 0 Å². The summed E-state index contributed by atoms with van der Waals surface area (Å²) in [7, 11) is -3.33. The fourth-order valence-electron chi connectivity index (χ4n) is 3.43. The van der Waals surface area contributed by atoms with Crippen LogP contribution in [0.2, 0.25) is 0 Å². The van der Waals surface area contributed by atoms with Gasteiger partial charge in [0.1, 0.15) is 4.21 Å². The SMILES string of the molecule is Cc1ccc(S(=O)(=O)NCC2CCN(C3CCOCC3)CC2)s1. The van der Waals surface area contributed by atoms with Gasteiger partial charge in [-0.2, -0.15) is 0 Å². The first-order valence-electron chi connectivity index (χ1n) is 8.42. The Morgan fingerprint density at radius 2 is 1.91 bits per heavy atom. The number of rotatable bonds is 5. The lowest BCUT2D eigenvalue weighted by Gasteiger charge is -2.39. The number of ether oxygens (including phenoxy) is 1. The Balaban J connectivity index is 1.45. The van der Waals surface area contributed by atoms with Gasteiger partial charge in [0.05, 0.1) is 0 Å². The summed E-state index contributed by atoms with van der Waals surface area (Å²) in [6.07, 6.45) is 4.41. The highest BCUT2D eigenvalue weighted by molar-refractivity contribution is 7.91. The minimum atomic E-state index is -3.33. The third-order valence-corrected chi connectivity index (χ3v) is 7.82. The molecule has 0 spiro atoms. The van der Waals surface area contributed by atoms with E-state index in [2.05, 4.69) is 9.62 Å². The summed E-state index contributed by atoms with van der Waals surface area (Å²) in [6, 6.07) is 4.21. The summed E-state index contributed by atoms with van der Waals surface area (Å²) in [5, 5.41) is 0. The van der Waals surface area contributed by atoms with Crippen LogP contribution in [0.15, 0.2) is 16.3 Å². The van der Waals surface area contributed by atoms with E-state index in [4.69, 9.17) is 4.74 Å². The number of hydrogen-bond donors (Lipinski definition) is 1. The summed E-state index contributed by atoms with van der Waals surface area (Å²) in [5.74, 6) is 0.446. The minimum absolute atomic E-state index is 0.426. The number of hydrogen-bond acceptors (Lipinski definition) is 5. The van der Waals surface area contributed by atoms with Gasteiger partial charge >= 0.3 is 0 Å². The van der Waals surface area contributed by atoms with Crippen molar-refractivity contribution in [2.75, 3.05) is 32.8 Å². The van der Waals surface area contributed by atoms with Crippen LogP contribution in [-0.4, -0.2) is 52.2 Å². The van der Waals surface area contributed by atoms with Crippen LogP contribution in [0.5, 0.6) is 0 Å². The van der Waals surface area contributed by atoms with Crippen LogP contribution < -0.4 is 4.72 Å². The predicted molar refractivity (Wildman–Crippen MR) is 92.4 cm³/mol. The molecule has 1 aromatic rings. The second-order valence-electron chi connectivity index (χ2n) is 6.54. The zero-order valence-corrected chi connectivity index (χ0v) is 15.3. The van der Waals surface area contributed by atoms with E-state index in [1.807, 2.05) is 13.0 Å². The Bertz CT molecular complexity index is 601. The lowest BCUT2D eigenvalue weighted by molar-refractivity contribution is 0.0214. The Hall–Kier alpha value is -0.470. The minimum Gasteiger partial charge on any atom is -0.381 e. The monoisotopic (exact) mass is 358 g/mol. The molecule has 0 atom stereocenters. The van der Waals surface area contributed by atoms with Gasteiger partial charge in [-0.3, -0.25) is 0 Å². The summed E-state index contributed by atoms with van der Waals surface area (Å²) >= 11 is 1.33. The van der Waals surface area contributed by atoms with Gasteiger partial charge in [0, 0.05) is 30.7 Å². The molecule has 0 amide bonds. The molecule has 23 heavy (non-hydrogen) atoms. The van der Waals surface area contributed by atoms with E-state index in [1.165, 1.54) is 11.3 Å². The van der Waals surface area contributed by atoms with Gasteiger partial charge in [0.15, 0.2) is 0 Å². The first-order valence-corrected chi connectivity index (χ1v) is 10.7. The maximum atomic E-state index is 12.3. The molecule has 0 saturated carbocycles. The smallest absolute Gasteiger partial charge is 0.250 e. The molecule has 3 rings (SSSR count).